The second-order valence-corrected chi connectivity index (χ2v) is 9.04. The van der Waals surface area contributed by atoms with E-state index in [4.69, 9.17) is 11.6 Å². The molecule has 0 aliphatic carbocycles. The summed E-state index contributed by atoms with van der Waals surface area (Å²) in [4.78, 5) is 24.3. The average molecular weight is 461 g/mol. The molecule has 4 rings (SSSR count). The van der Waals surface area contributed by atoms with Crippen LogP contribution < -0.4 is 4.90 Å². The number of hydrogen-bond donors (Lipinski definition) is 0. The predicted octanol–water partition coefficient (Wildman–Crippen LogP) is 5.50. The van der Waals surface area contributed by atoms with Crippen LogP contribution >= 0.6 is 34.7 Å². The number of carbonyl (C=O) groups excluding carboxylic acids is 1. The molecule has 0 aliphatic heterocycles. The van der Waals surface area contributed by atoms with Gasteiger partial charge in [-0.2, -0.15) is 0 Å². The molecule has 0 spiro atoms. The fourth-order valence-corrected chi connectivity index (χ4v) is 4.97. The molecule has 4 aromatic rings. The minimum Gasteiger partial charge on any atom is -0.337 e. The third kappa shape index (κ3) is 5.19. The molecule has 1 amide bonds. The molecule has 0 N–H and O–H groups in total. The first-order chi connectivity index (χ1) is 14.6. The zero-order valence-corrected chi connectivity index (χ0v) is 18.3. The fourth-order valence-electron chi connectivity index (χ4n) is 2.91. The molecule has 0 aliphatic rings. The Bertz CT molecular complexity index is 1130. The third-order valence-electron chi connectivity index (χ3n) is 4.40. The average Bonchev–Trinajstić information content (AvgIpc) is 3.40. The van der Waals surface area contributed by atoms with Gasteiger partial charge in [-0.25, -0.2) is 14.4 Å². The number of thiazole rings is 1. The van der Waals surface area contributed by atoms with Gasteiger partial charge in [0.1, 0.15) is 5.82 Å². The maximum Gasteiger partial charge on any atom is 0.239 e. The summed E-state index contributed by atoms with van der Waals surface area (Å²) in [5.41, 5.74) is 0.818. The SMILES string of the molecule is O=C(CSc1ccc(F)cc1)N(CCCn1ccnc1)c1nc2ccc(Cl)cc2s1. The molecule has 2 heterocycles. The van der Waals surface area contributed by atoms with Crippen LogP contribution in [0.3, 0.4) is 0 Å². The smallest absolute Gasteiger partial charge is 0.239 e. The highest BCUT2D eigenvalue weighted by atomic mass is 35.5. The van der Waals surface area contributed by atoms with Crippen LogP contribution in [0.4, 0.5) is 9.52 Å². The number of thioether (sulfide) groups is 1. The van der Waals surface area contributed by atoms with Crippen molar-refractivity contribution in [2.75, 3.05) is 17.2 Å². The molecule has 5 nitrogen and oxygen atoms in total. The Labute approximate surface area is 186 Å². The number of nitrogens with zero attached hydrogens (tertiary/aromatic N) is 4. The van der Waals surface area contributed by atoms with Gasteiger partial charge in [0.05, 0.1) is 22.3 Å². The lowest BCUT2D eigenvalue weighted by atomic mass is 10.3. The van der Waals surface area contributed by atoms with Crippen molar-refractivity contribution in [3.05, 3.63) is 72.0 Å². The summed E-state index contributed by atoms with van der Waals surface area (Å²) >= 11 is 8.93. The van der Waals surface area contributed by atoms with Crippen molar-refractivity contribution >= 4 is 56.0 Å². The maximum atomic E-state index is 13.1. The molecule has 0 bridgehead atoms. The number of aryl methyl sites for hydroxylation is 1. The first kappa shape index (κ1) is 20.8. The van der Waals surface area contributed by atoms with E-state index >= 15 is 0 Å². The summed E-state index contributed by atoms with van der Waals surface area (Å²) in [6, 6.07) is 11.7. The van der Waals surface area contributed by atoms with E-state index in [1.54, 1.807) is 35.6 Å². The number of anilines is 1. The molecule has 0 unspecified atom stereocenters. The summed E-state index contributed by atoms with van der Waals surface area (Å²) < 4.78 is 16.0. The number of hydrogen-bond acceptors (Lipinski definition) is 5. The van der Waals surface area contributed by atoms with Crippen LogP contribution in [0.25, 0.3) is 10.2 Å². The van der Waals surface area contributed by atoms with E-state index in [2.05, 4.69) is 9.97 Å². The first-order valence-corrected chi connectivity index (χ1v) is 11.5. The van der Waals surface area contributed by atoms with Crippen LogP contribution in [0, 0.1) is 5.82 Å². The molecule has 0 radical (unpaired) electrons. The number of rotatable bonds is 8. The highest BCUT2D eigenvalue weighted by molar-refractivity contribution is 8.00. The number of halogens is 2. The van der Waals surface area contributed by atoms with Gasteiger partial charge in [-0.15, -0.1) is 11.8 Å². The van der Waals surface area contributed by atoms with Gasteiger partial charge >= 0.3 is 0 Å². The van der Waals surface area contributed by atoms with E-state index in [0.29, 0.717) is 16.7 Å². The standard InChI is InChI=1S/C21H18ClFN4OS2/c22-15-2-7-18-19(12-15)30-21(25-18)27(10-1-9-26-11-8-24-14-26)20(28)13-29-17-5-3-16(23)4-6-17/h2-8,11-12,14H,1,9-10,13H2. The number of benzene rings is 2. The number of amides is 1. The van der Waals surface area contributed by atoms with Crippen LogP contribution in [-0.2, 0) is 11.3 Å². The second-order valence-electron chi connectivity index (χ2n) is 6.55. The highest BCUT2D eigenvalue weighted by Gasteiger charge is 2.20. The van der Waals surface area contributed by atoms with Gasteiger partial charge in [-0.3, -0.25) is 9.69 Å². The predicted molar refractivity (Wildman–Crippen MR) is 121 cm³/mol. The molecule has 0 fully saturated rings. The molecule has 0 saturated carbocycles. The number of carbonyl (C=O) groups is 1. The van der Waals surface area contributed by atoms with E-state index in [1.165, 1.54) is 35.2 Å². The molecular weight excluding hydrogens is 443 g/mol. The molecule has 154 valence electrons. The normalized spacial score (nSPS) is 11.1. The number of aromatic nitrogens is 3. The van der Waals surface area contributed by atoms with E-state index < -0.39 is 0 Å². The fraction of sp³-hybridized carbons (Fsp3) is 0.190. The Morgan fingerprint density at radius 2 is 2.07 bits per heavy atom. The Balaban J connectivity index is 1.50. The molecule has 0 atom stereocenters. The lowest BCUT2D eigenvalue weighted by molar-refractivity contribution is -0.116. The quantitative estimate of drug-likeness (QED) is 0.326. The summed E-state index contributed by atoms with van der Waals surface area (Å²) in [6.07, 6.45) is 6.16. The molecule has 0 saturated heterocycles. The third-order valence-corrected chi connectivity index (χ3v) is 6.68. The van der Waals surface area contributed by atoms with Gasteiger partial charge < -0.3 is 4.57 Å². The minimum absolute atomic E-state index is 0.0416. The maximum absolute atomic E-state index is 13.1. The van der Waals surface area contributed by atoms with Crippen molar-refractivity contribution in [1.29, 1.82) is 0 Å². The Morgan fingerprint density at radius 3 is 2.83 bits per heavy atom. The Morgan fingerprint density at radius 1 is 1.23 bits per heavy atom. The van der Waals surface area contributed by atoms with Crippen molar-refractivity contribution in [3.8, 4) is 0 Å². The lowest BCUT2D eigenvalue weighted by Gasteiger charge is -2.20. The first-order valence-electron chi connectivity index (χ1n) is 9.29. The van der Waals surface area contributed by atoms with Crippen LogP contribution in [0.2, 0.25) is 5.02 Å². The topological polar surface area (TPSA) is 51.0 Å². The largest absolute Gasteiger partial charge is 0.337 e. The zero-order valence-electron chi connectivity index (χ0n) is 15.9. The van der Waals surface area contributed by atoms with Crippen molar-refractivity contribution in [2.24, 2.45) is 0 Å². The van der Waals surface area contributed by atoms with Crippen molar-refractivity contribution in [1.82, 2.24) is 14.5 Å². The van der Waals surface area contributed by atoms with E-state index in [-0.39, 0.29) is 17.5 Å². The van der Waals surface area contributed by atoms with Crippen LogP contribution in [0.15, 0.2) is 66.1 Å². The summed E-state index contributed by atoms with van der Waals surface area (Å²) in [7, 11) is 0. The number of fused-ring (bicyclic) bond motifs is 1. The molecule has 30 heavy (non-hydrogen) atoms. The van der Waals surface area contributed by atoms with Gasteiger partial charge in [0.15, 0.2) is 5.13 Å². The van der Waals surface area contributed by atoms with Crippen LogP contribution in [-0.4, -0.2) is 32.7 Å². The van der Waals surface area contributed by atoms with Gasteiger partial charge in [0, 0.05) is 35.4 Å². The van der Waals surface area contributed by atoms with Gasteiger partial charge in [-0.1, -0.05) is 22.9 Å². The highest BCUT2D eigenvalue weighted by Crippen LogP contribution is 2.31. The van der Waals surface area contributed by atoms with E-state index in [0.717, 1.165) is 28.1 Å². The second kappa shape index (κ2) is 9.59. The van der Waals surface area contributed by atoms with Gasteiger partial charge in [0.2, 0.25) is 5.91 Å². The van der Waals surface area contributed by atoms with Crippen molar-refractivity contribution in [2.45, 2.75) is 17.9 Å². The van der Waals surface area contributed by atoms with Crippen molar-refractivity contribution in [3.63, 3.8) is 0 Å². The summed E-state index contributed by atoms with van der Waals surface area (Å²) in [6.45, 7) is 1.29. The van der Waals surface area contributed by atoms with Gasteiger partial charge in [-0.05, 0) is 48.9 Å². The summed E-state index contributed by atoms with van der Waals surface area (Å²) in [5.74, 6) is -0.0898. The van der Waals surface area contributed by atoms with Crippen LogP contribution in [0.1, 0.15) is 6.42 Å². The minimum atomic E-state index is -0.292. The van der Waals surface area contributed by atoms with E-state index in [1.807, 2.05) is 22.9 Å². The molecule has 9 heteroatoms. The van der Waals surface area contributed by atoms with E-state index in [9.17, 15) is 9.18 Å². The Kier molecular flexibility index (Phi) is 6.66. The van der Waals surface area contributed by atoms with Crippen molar-refractivity contribution < 1.29 is 9.18 Å². The monoisotopic (exact) mass is 460 g/mol. The lowest BCUT2D eigenvalue weighted by Crippen LogP contribution is -2.33. The molecule has 2 aromatic carbocycles. The van der Waals surface area contributed by atoms with Crippen LogP contribution in [0.5, 0.6) is 0 Å². The molecular formula is C21H18ClFN4OS2. The molecule has 2 aromatic heterocycles. The van der Waals surface area contributed by atoms with Gasteiger partial charge in [0.25, 0.3) is 0 Å². The number of imidazole rings is 1. The Hall–Kier alpha value is -2.42. The zero-order chi connectivity index (χ0) is 20.9. The summed E-state index contributed by atoms with van der Waals surface area (Å²) in [5, 5.41) is 1.30.